The number of aliphatic hydroxyl groups excluding tert-OH is 1. The highest BCUT2D eigenvalue weighted by atomic mass is 16.5. The Bertz CT molecular complexity index is 1110. The fourth-order valence-electron chi connectivity index (χ4n) is 4.19. The number of aryl methyl sites for hydroxylation is 1. The van der Waals surface area contributed by atoms with E-state index in [1.165, 1.54) is 0 Å². The number of rotatable bonds is 8. The van der Waals surface area contributed by atoms with Crippen LogP contribution in [0.4, 0.5) is 0 Å². The van der Waals surface area contributed by atoms with Crippen LogP contribution < -0.4 is 0 Å². The Morgan fingerprint density at radius 3 is 2.28 bits per heavy atom. The van der Waals surface area contributed by atoms with E-state index in [0.717, 1.165) is 64.8 Å². The molecule has 1 saturated carbocycles. The average molecular weight is 432 g/mol. The number of aromatic nitrogens is 1. The highest BCUT2D eigenvalue weighted by molar-refractivity contribution is 5.87. The predicted molar refractivity (Wildman–Crippen MR) is 124 cm³/mol. The van der Waals surface area contributed by atoms with Crippen molar-refractivity contribution in [1.29, 1.82) is 0 Å². The first kappa shape index (κ1) is 21.9. The van der Waals surface area contributed by atoms with Crippen LogP contribution in [0.2, 0.25) is 0 Å². The van der Waals surface area contributed by atoms with Gasteiger partial charge in [0.25, 0.3) is 0 Å². The van der Waals surface area contributed by atoms with Crippen molar-refractivity contribution in [1.82, 2.24) is 5.16 Å². The minimum Gasteiger partial charge on any atom is -0.516 e. The fourth-order valence-corrected chi connectivity index (χ4v) is 4.19. The number of aliphatic hydroxyl groups is 1. The van der Waals surface area contributed by atoms with E-state index in [1.807, 2.05) is 45.0 Å². The molecular weight excluding hydrogens is 402 g/mol. The van der Waals surface area contributed by atoms with Gasteiger partial charge in [0.05, 0.1) is 24.0 Å². The van der Waals surface area contributed by atoms with Gasteiger partial charge in [0.2, 0.25) is 0 Å². The third-order valence-corrected chi connectivity index (χ3v) is 6.26. The third-order valence-electron chi connectivity index (χ3n) is 6.26. The van der Waals surface area contributed by atoms with Crippen LogP contribution in [-0.4, -0.2) is 22.8 Å². The van der Waals surface area contributed by atoms with Crippen molar-refractivity contribution in [2.75, 3.05) is 6.61 Å². The second-order valence-electron chi connectivity index (χ2n) is 8.56. The van der Waals surface area contributed by atoms with Gasteiger partial charge in [0.15, 0.2) is 5.76 Å². The van der Waals surface area contributed by atoms with Gasteiger partial charge in [-0.05, 0) is 61.8 Å². The van der Waals surface area contributed by atoms with Gasteiger partial charge in [0.1, 0.15) is 0 Å². The zero-order valence-electron chi connectivity index (χ0n) is 18.8. The Hall–Kier alpha value is -3.34. The molecule has 5 heteroatoms. The predicted octanol–water partition coefficient (Wildman–Crippen LogP) is 6.16. The maximum absolute atomic E-state index is 12.3. The van der Waals surface area contributed by atoms with E-state index in [0.29, 0.717) is 6.61 Å². The van der Waals surface area contributed by atoms with Crippen molar-refractivity contribution in [3.63, 3.8) is 0 Å². The Labute approximate surface area is 188 Å². The largest absolute Gasteiger partial charge is 0.516 e. The molecule has 2 aromatic carbocycles. The van der Waals surface area contributed by atoms with Crippen molar-refractivity contribution in [3.8, 4) is 22.5 Å². The first-order valence-electron chi connectivity index (χ1n) is 11.1. The van der Waals surface area contributed by atoms with Gasteiger partial charge in [-0.15, -0.1) is 0 Å². The van der Waals surface area contributed by atoms with E-state index in [1.54, 1.807) is 6.08 Å². The molecule has 3 aromatic rings. The molecule has 0 bridgehead atoms. The van der Waals surface area contributed by atoms with Crippen LogP contribution >= 0.6 is 0 Å². The number of hydrogen-bond acceptors (Lipinski definition) is 5. The summed E-state index contributed by atoms with van der Waals surface area (Å²) in [5.74, 6) is 0.839. The molecule has 32 heavy (non-hydrogen) atoms. The number of allylic oxidation sites excluding steroid dienone is 1. The van der Waals surface area contributed by atoms with Crippen LogP contribution in [0, 0.1) is 12.8 Å². The molecule has 1 unspecified atom stereocenters. The van der Waals surface area contributed by atoms with Crippen LogP contribution in [0.3, 0.4) is 0 Å². The molecule has 5 nitrogen and oxygen atoms in total. The van der Waals surface area contributed by atoms with E-state index in [-0.39, 0.29) is 11.9 Å². The zero-order chi connectivity index (χ0) is 22.7. The number of nitrogens with zero attached hydrogens (tertiary/aromatic N) is 1. The smallest absolute Gasteiger partial charge is 0.316 e. The highest BCUT2D eigenvalue weighted by Crippen LogP contribution is 2.49. The van der Waals surface area contributed by atoms with Crippen molar-refractivity contribution in [2.24, 2.45) is 5.92 Å². The number of carbonyl (C=O) groups excluding carboxylic acids is 1. The molecule has 1 heterocycles. The number of esters is 1. The monoisotopic (exact) mass is 431 g/mol. The van der Waals surface area contributed by atoms with E-state index >= 15 is 0 Å². The lowest BCUT2D eigenvalue weighted by atomic mass is 9.93. The second-order valence-corrected chi connectivity index (χ2v) is 8.56. The first-order valence-corrected chi connectivity index (χ1v) is 11.1. The number of hydrogen-bond donors (Lipinski definition) is 1. The van der Waals surface area contributed by atoms with Crippen LogP contribution in [0.1, 0.15) is 43.5 Å². The Kier molecular flexibility index (Phi) is 6.17. The van der Waals surface area contributed by atoms with E-state index in [9.17, 15) is 4.79 Å². The molecule has 1 aliphatic rings. The Morgan fingerprint density at radius 2 is 1.72 bits per heavy atom. The van der Waals surface area contributed by atoms with Crippen LogP contribution in [0.15, 0.2) is 65.4 Å². The van der Waals surface area contributed by atoms with Crippen molar-refractivity contribution in [3.05, 3.63) is 77.7 Å². The van der Waals surface area contributed by atoms with Gasteiger partial charge in [-0.1, -0.05) is 60.6 Å². The quantitative estimate of drug-likeness (QED) is 0.341. The summed E-state index contributed by atoms with van der Waals surface area (Å²) in [4.78, 5) is 12.3. The molecule has 1 aromatic heterocycles. The van der Waals surface area contributed by atoms with Crippen LogP contribution in [0.5, 0.6) is 0 Å². The van der Waals surface area contributed by atoms with E-state index in [2.05, 4.69) is 29.4 Å². The lowest BCUT2D eigenvalue weighted by Crippen LogP contribution is -2.23. The summed E-state index contributed by atoms with van der Waals surface area (Å²) in [6.07, 6.45) is 5.30. The van der Waals surface area contributed by atoms with Crippen LogP contribution in [0.25, 0.3) is 22.5 Å². The Balaban J connectivity index is 1.53. The van der Waals surface area contributed by atoms with E-state index in [4.69, 9.17) is 14.4 Å². The van der Waals surface area contributed by atoms with Gasteiger partial charge in [-0.3, -0.25) is 4.79 Å². The van der Waals surface area contributed by atoms with E-state index < -0.39 is 5.41 Å². The summed E-state index contributed by atoms with van der Waals surface area (Å²) >= 11 is 0. The zero-order valence-corrected chi connectivity index (χ0v) is 18.8. The maximum atomic E-state index is 12.3. The normalized spacial score (nSPS) is 15.6. The molecule has 1 atom stereocenters. The summed E-state index contributed by atoms with van der Waals surface area (Å²) in [6, 6.07) is 16.4. The summed E-state index contributed by atoms with van der Waals surface area (Å²) in [6.45, 7) is 6.24. The molecule has 4 rings (SSSR count). The number of benzene rings is 2. The third kappa shape index (κ3) is 4.20. The molecule has 0 spiro atoms. The maximum Gasteiger partial charge on any atom is 0.316 e. The summed E-state index contributed by atoms with van der Waals surface area (Å²) < 4.78 is 10.9. The average Bonchev–Trinajstić information content (AvgIpc) is 3.54. The molecule has 0 aliphatic heterocycles. The highest BCUT2D eigenvalue weighted by Gasteiger charge is 2.52. The summed E-state index contributed by atoms with van der Waals surface area (Å²) in [5, 5.41) is 13.2. The molecule has 1 aliphatic carbocycles. The molecule has 1 fully saturated rings. The topological polar surface area (TPSA) is 72.6 Å². The minimum atomic E-state index is -0.443. The molecule has 0 amide bonds. The Morgan fingerprint density at radius 1 is 1.12 bits per heavy atom. The van der Waals surface area contributed by atoms with Gasteiger partial charge in [-0.25, -0.2) is 0 Å². The van der Waals surface area contributed by atoms with Gasteiger partial charge >= 0.3 is 5.97 Å². The molecule has 0 saturated heterocycles. The lowest BCUT2D eigenvalue weighted by molar-refractivity contribution is -0.146. The van der Waals surface area contributed by atoms with Gasteiger partial charge in [0, 0.05) is 11.1 Å². The van der Waals surface area contributed by atoms with Crippen molar-refractivity contribution in [2.45, 2.75) is 45.4 Å². The van der Waals surface area contributed by atoms with Crippen molar-refractivity contribution < 1.29 is 19.2 Å². The lowest BCUT2D eigenvalue weighted by Gasteiger charge is -2.14. The number of ether oxygens (including phenoxy) is 1. The molecule has 0 radical (unpaired) electrons. The van der Waals surface area contributed by atoms with Crippen LogP contribution in [-0.2, 0) is 21.4 Å². The summed E-state index contributed by atoms with van der Waals surface area (Å²) in [7, 11) is 0. The summed E-state index contributed by atoms with van der Waals surface area (Å²) in [5.41, 5.74) is 5.67. The number of carbonyl (C=O) groups is 1. The van der Waals surface area contributed by atoms with Gasteiger partial charge in [-0.2, -0.15) is 0 Å². The first-order chi connectivity index (χ1) is 15.5. The standard InChI is InChI=1S/C27H29NO4/c1-4-31-26(30)27(14-15-27)23-11-9-21(10-12-23)20-5-7-22(8-6-20)25-24(19(3)28-32-25)17-18(2)13-16-29/h5-13,16,18,29H,4,14-15,17H2,1-3H3. The molecular formula is C27H29NO4. The molecule has 1 N–H and O–H groups in total. The van der Waals surface area contributed by atoms with Crippen molar-refractivity contribution >= 4 is 5.97 Å². The van der Waals surface area contributed by atoms with Gasteiger partial charge < -0.3 is 14.4 Å². The minimum absolute atomic E-state index is 0.112. The second kappa shape index (κ2) is 9.03. The SMILES string of the molecule is CCOC(=O)C1(c2ccc(-c3ccc(-c4onc(C)c4CC(C)C=CO)cc3)cc2)CC1. The molecule has 166 valence electrons. The fraction of sp³-hybridized carbons (Fsp3) is 0.333.